The third kappa shape index (κ3) is 1.57. The van der Waals surface area contributed by atoms with Crippen LogP contribution in [0.1, 0.15) is 12.6 Å². The summed E-state index contributed by atoms with van der Waals surface area (Å²) in [5.74, 6) is 0. The summed E-state index contributed by atoms with van der Waals surface area (Å²) in [4.78, 5) is 3.93. The van der Waals surface area contributed by atoms with Crippen LogP contribution in [0.15, 0.2) is 24.5 Å². The fourth-order valence-electron chi connectivity index (χ4n) is 1.41. The van der Waals surface area contributed by atoms with Gasteiger partial charge in [-0.15, -0.1) is 5.10 Å². The van der Waals surface area contributed by atoms with Gasteiger partial charge in [0, 0.05) is 24.5 Å². The summed E-state index contributed by atoms with van der Waals surface area (Å²) in [6, 6.07) is 5.71. The van der Waals surface area contributed by atoms with Crippen LogP contribution in [0.3, 0.4) is 0 Å². The summed E-state index contributed by atoms with van der Waals surface area (Å²) < 4.78 is 1.70. The van der Waals surface area contributed by atoms with Crippen LogP contribution in [0.4, 0.5) is 0 Å². The molecule has 15 heavy (non-hydrogen) atoms. The van der Waals surface area contributed by atoms with Crippen LogP contribution in [-0.2, 0) is 6.54 Å². The van der Waals surface area contributed by atoms with Crippen molar-refractivity contribution in [3.63, 3.8) is 0 Å². The Bertz CT molecular complexity index is 494. The molecule has 2 heterocycles. The molecule has 0 aliphatic carbocycles. The van der Waals surface area contributed by atoms with Gasteiger partial charge in [0.2, 0.25) is 0 Å². The molecular formula is C10H9N5. The SMILES string of the molecule is CCn1nnc(C#N)c1-c1ccncc1. The molecule has 0 saturated heterocycles. The summed E-state index contributed by atoms with van der Waals surface area (Å²) >= 11 is 0. The number of aromatic nitrogens is 4. The molecule has 0 amide bonds. The minimum absolute atomic E-state index is 0.350. The lowest BCUT2D eigenvalue weighted by molar-refractivity contribution is 0.632. The van der Waals surface area contributed by atoms with Crippen molar-refractivity contribution < 1.29 is 0 Å². The zero-order valence-electron chi connectivity index (χ0n) is 8.25. The van der Waals surface area contributed by atoms with Crippen molar-refractivity contribution in [3.8, 4) is 17.3 Å². The molecule has 0 spiro atoms. The highest BCUT2D eigenvalue weighted by Gasteiger charge is 2.12. The van der Waals surface area contributed by atoms with Crippen molar-refractivity contribution in [2.75, 3.05) is 0 Å². The van der Waals surface area contributed by atoms with Crippen molar-refractivity contribution in [1.82, 2.24) is 20.0 Å². The standard InChI is InChI=1S/C10H9N5/c1-2-15-10(9(7-11)13-14-15)8-3-5-12-6-4-8/h3-6H,2H2,1H3. The number of hydrogen-bond donors (Lipinski definition) is 0. The lowest BCUT2D eigenvalue weighted by Gasteiger charge is -2.02. The molecule has 0 radical (unpaired) electrons. The van der Waals surface area contributed by atoms with Gasteiger partial charge in [0.15, 0.2) is 5.69 Å². The second-order valence-electron chi connectivity index (χ2n) is 2.95. The maximum absolute atomic E-state index is 8.91. The highest BCUT2D eigenvalue weighted by atomic mass is 15.4. The molecule has 5 heteroatoms. The number of nitriles is 1. The van der Waals surface area contributed by atoms with E-state index in [0.717, 1.165) is 11.3 Å². The number of nitrogens with zero attached hydrogens (tertiary/aromatic N) is 5. The van der Waals surface area contributed by atoms with E-state index in [2.05, 4.69) is 15.3 Å². The van der Waals surface area contributed by atoms with Crippen LogP contribution in [0, 0.1) is 11.3 Å². The molecule has 0 N–H and O–H groups in total. The molecule has 0 aliphatic rings. The van der Waals surface area contributed by atoms with Crippen LogP contribution in [-0.4, -0.2) is 20.0 Å². The van der Waals surface area contributed by atoms with E-state index < -0.39 is 0 Å². The fraction of sp³-hybridized carbons (Fsp3) is 0.200. The van der Waals surface area contributed by atoms with Crippen molar-refractivity contribution in [2.45, 2.75) is 13.5 Å². The van der Waals surface area contributed by atoms with Crippen LogP contribution in [0.5, 0.6) is 0 Å². The maximum atomic E-state index is 8.91. The molecule has 5 nitrogen and oxygen atoms in total. The normalized spacial score (nSPS) is 9.87. The molecule has 0 fully saturated rings. The average Bonchev–Trinajstić information content (AvgIpc) is 2.72. The topological polar surface area (TPSA) is 67.4 Å². The number of aryl methyl sites for hydroxylation is 1. The third-order valence-electron chi connectivity index (χ3n) is 2.09. The van der Waals surface area contributed by atoms with E-state index in [1.54, 1.807) is 17.1 Å². The van der Waals surface area contributed by atoms with Crippen molar-refractivity contribution in [2.24, 2.45) is 0 Å². The van der Waals surface area contributed by atoms with Gasteiger partial charge < -0.3 is 0 Å². The first-order valence-corrected chi connectivity index (χ1v) is 4.60. The van der Waals surface area contributed by atoms with Crippen molar-refractivity contribution in [3.05, 3.63) is 30.2 Å². The largest absolute Gasteiger partial charge is 0.265 e. The first-order valence-electron chi connectivity index (χ1n) is 4.60. The fourth-order valence-corrected chi connectivity index (χ4v) is 1.41. The zero-order chi connectivity index (χ0) is 10.7. The van der Waals surface area contributed by atoms with E-state index in [9.17, 15) is 0 Å². The highest BCUT2D eigenvalue weighted by molar-refractivity contribution is 5.64. The predicted molar refractivity (Wildman–Crippen MR) is 53.6 cm³/mol. The first kappa shape index (κ1) is 9.34. The van der Waals surface area contributed by atoms with Crippen LogP contribution in [0.2, 0.25) is 0 Å². The Morgan fingerprint density at radius 1 is 1.40 bits per heavy atom. The Hall–Kier alpha value is -2.22. The summed E-state index contributed by atoms with van der Waals surface area (Å²) in [5, 5.41) is 16.6. The van der Waals surface area contributed by atoms with Gasteiger partial charge in [-0.25, -0.2) is 4.68 Å². The predicted octanol–water partition coefficient (Wildman–Crippen LogP) is 1.23. The second-order valence-corrected chi connectivity index (χ2v) is 2.95. The number of pyridine rings is 1. The molecule has 2 aromatic heterocycles. The summed E-state index contributed by atoms with van der Waals surface area (Å²) in [6.07, 6.45) is 3.37. The monoisotopic (exact) mass is 199 g/mol. The van der Waals surface area contributed by atoms with Gasteiger partial charge in [0.05, 0.1) is 0 Å². The lowest BCUT2D eigenvalue weighted by atomic mass is 10.1. The second kappa shape index (κ2) is 3.88. The maximum Gasteiger partial charge on any atom is 0.190 e. The van der Waals surface area contributed by atoms with E-state index in [-0.39, 0.29) is 0 Å². The Labute approximate surface area is 87.0 Å². The van der Waals surface area contributed by atoms with Crippen LogP contribution < -0.4 is 0 Å². The Balaban J connectivity index is 2.61. The summed E-state index contributed by atoms with van der Waals surface area (Å²) in [6.45, 7) is 2.65. The Morgan fingerprint density at radius 2 is 2.13 bits per heavy atom. The summed E-state index contributed by atoms with van der Waals surface area (Å²) in [7, 11) is 0. The number of rotatable bonds is 2. The third-order valence-corrected chi connectivity index (χ3v) is 2.09. The molecule has 0 aromatic carbocycles. The molecule has 74 valence electrons. The Kier molecular flexibility index (Phi) is 2.42. The van der Waals surface area contributed by atoms with Gasteiger partial charge in [0.25, 0.3) is 0 Å². The van der Waals surface area contributed by atoms with E-state index >= 15 is 0 Å². The van der Waals surface area contributed by atoms with Gasteiger partial charge in [-0.3, -0.25) is 4.98 Å². The van der Waals surface area contributed by atoms with Gasteiger partial charge >= 0.3 is 0 Å². The minimum Gasteiger partial charge on any atom is -0.265 e. The molecule has 2 rings (SSSR count). The lowest BCUT2D eigenvalue weighted by Crippen LogP contribution is -1.99. The van der Waals surface area contributed by atoms with E-state index in [1.165, 1.54) is 0 Å². The quantitative estimate of drug-likeness (QED) is 0.729. The molecule has 2 aromatic rings. The first-order chi connectivity index (χ1) is 7.36. The van der Waals surface area contributed by atoms with Crippen LogP contribution >= 0.6 is 0 Å². The Morgan fingerprint density at radius 3 is 2.73 bits per heavy atom. The van der Waals surface area contributed by atoms with Gasteiger partial charge in [-0.1, -0.05) is 5.21 Å². The van der Waals surface area contributed by atoms with Crippen LogP contribution in [0.25, 0.3) is 11.3 Å². The van der Waals surface area contributed by atoms with Crippen molar-refractivity contribution in [1.29, 1.82) is 5.26 Å². The molecule has 0 aliphatic heterocycles. The highest BCUT2D eigenvalue weighted by Crippen LogP contribution is 2.20. The van der Waals surface area contributed by atoms with Crippen molar-refractivity contribution >= 4 is 0 Å². The average molecular weight is 199 g/mol. The van der Waals surface area contributed by atoms with E-state index in [4.69, 9.17) is 5.26 Å². The minimum atomic E-state index is 0.350. The molecule has 0 atom stereocenters. The van der Waals surface area contributed by atoms with Gasteiger partial charge in [0.1, 0.15) is 11.8 Å². The van der Waals surface area contributed by atoms with E-state index in [0.29, 0.717) is 12.2 Å². The van der Waals surface area contributed by atoms with Gasteiger partial charge in [-0.2, -0.15) is 5.26 Å². The zero-order valence-corrected chi connectivity index (χ0v) is 8.25. The smallest absolute Gasteiger partial charge is 0.190 e. The molecular weight excluding hydrogens is 190 g/mol. The number of hydrogen-bond acceptors (Lipinski definition) is 4. The molecule has 0 saturated carbocycles. The summed E-state index contributed by atoms with van der Waals surface area (Å²) in [5.41, 5.74) is 2.01. The molecule has 0 bridgehead atoms. The van der Waals surface area contributed by atoms with Gasteiger partial charge in [-0.05, 0) is 19.1 Å². The molecule has 0 unspecified atom stereocenters. The van der Waals surface area contributed by atoms with E-state index in [1.807, 2.05) is 25.1 Å².